The topological polar surface area (TPSA) is 73.1 Å². The lowest BCUT2D eigenvalue weighted by Crippen LogP contribution is -2.05. The normalized spacial score (nSPS) is 10.2. The van der Waals surface area contributed by atoms with Crippen LogP contribution in [0.1, 0.15) is 13.3 Å². The third-order valence-electron chi connectivity index (χ3n) is 2.40. The van der Waals surface area contributed by atoms with E-state index in [2.05, 4.69) is 15.3 Å². The van der Waals surface area contributed by atoms with Crippen LogP contribution in [0.3, 0.4) is 0 Å². The monoisotopic (exact) mass is 278 g/mol. The molecular formula is C13H15ClN4O. The molecule has 6 heteroatoms. The predicted octanol–water partition coefficient (Wildman–Crippen LogP) is 3.24. The number of nitrogens with two attached hydrogens (primary N) is 1. The average Bonchev–Trinajstić information content (AvgIpc) is 2.42. The number of benzene rings is 1. The first-order chi connectivity index (χ1) is 9.20. The van der Waals surface area contributed by atoms with Crippen LogP contribution in [-0.4, -0.2) is 16.6 Å². The zero-order chi connectivity index (χ0) is 13.7. The molecule has 0 unspecified atom stereocenters. The SMILES string of the molecule is CCCOc1ncnc(Nc2ccc(Cl)cc2)c1N. The molecule has 0 bridgehead atoms. The van der Waals surface area contributed by atoms with Crippen LogP contribution >= 0.6 is 11.6 Å². The fourth-order valence-corrected chi connectivity index (χ4v) is 1.59. The summed E-state index contributed by atoms with van der Waals surface area (Å²) >= 11 is 5.83. The molecule has 1 heterocycles. The van der Waals surface area contributed by atoms with E-state index in [1.54, 1.807) is 12.1 Å². The van der Waals surface area contributed by atoms with Gasteiger partial charge in [0.1, 0.15) is 12.0 Å². The Morgan fingerprint density at radius 1 is 1.26 bits per heavy atom. The highest BCUT2D eigenvalue weighted by atomic mass is 35.5. The largest absolute Gasteiger partial charge is 0.476 e. The molecule has 1 aromatic carbocycles. The number of halogens is 1. The minimum absolute atomic E-state index is 0.394. The van der Waals surface area contributed by atoms with Gasteiger partial charge in [-0.3, -0.25) is 0 Å². The highest BCUT2D eigenvalue weighted by molar-refractivity contribution is 6.30. The maximum atomic E-state index is 5.96. The summed E-state index contributed by atoms with van der Waals surface area (Å²) in [7, 11) is 0. The Kier molecular flexibility index (Phi) is 4.41. The fraction of sp³-hybridized carbons (Fsp3) is 0.231. The summed E-state index contributed by atoms with van der Waals surface area (Å²) in [6, 6.07) is 7.26. The molecule has 3 N–H and O–H groups in total. The Bertz CT molecular complexity index is 545. The van der Waals surface area contributed by atoms with E-state index in [0.29, 0.717) is 29.0 Å². The van der Waals surface area contributed by atoms with Crippen molar-refractivity contribution in [3.05, 3.63) is 35.6 Å². The number of hydrogen-bond acceptors (Lipinski definition) is 5. The van der Waals surface area contributed by atoms with Gasteiger partial charge >= 0.3 is 0 Å². The van der Waals surface area contributed by atoms with E-state index in [-0.39, 0.29) is 0 Å². The second-order valence-corrected chi connectivity index (χ2v) is 4.36. The molecule has 0 saturated heterocycles. The molecule has 1 aromatic heterocycles. The standard InChI is InChI=1S/C13H15ClN4O/c1-2-7-19-13-11(15)12(16-8-17-13)18-10-5-3-9(14)4-6-10/h3-6,8H,2,7,15H2,1H3,(H,16,17,18). The van der Waals surface area contributed by atoms with Crippen molar-refractivity contribution in [3.8, 4) is 5.88 Å². The Morgan fingerprint density at radius 2 is 2.00 bits per heavy atom. The first kappa shape index (κ1) is 13.4. The molecule has 5 nitrogen and oxygen atoms in total. The number of ether oxygens (including phenoxy) is 1. The average molecular weight is 279 g/mol. The van der Waals surface area contributed by atoms with E-state index in [4.69, 9.17) is 22.1 Å². The molecule has 100 valence electrons. The third kappa shape index (κ3) is 3.48. The van der Waals surface area contributed by atoms with E-state index in [0.717, 1.165) is 12.1 Å². The van der Waals surface area contributed by atoms with Gasteiger partial charge in [-0.2, -0.15) is 4.98 Å². The smallest absolute Gasteiger partial charge is 0.242 e. The number of nitrogens with zero attached hydrogens (tertiary/aromatic N) is 2. The zero-order valence-corrected chi connectivity index (χ0v) is 11.3. The van der Waals surface area contributed by atoms with Crippen molar-refractivity contribution < 1.29 is 4.74 Å². The molecule has 0 aliphatic heterocycles. The maximum Gasteiger partial charge on any atom is 0.242 e. The Morgan fingerprint density at radius 3 is 2.68 bits per heavy atom. The highest BCUT2D eigenvalue weighted by Gasteiger charge is 2.09. The van der Waals surface area contributed by atoms with Crippen molar-refractivity contribution in [2.24, 2.45) is 0 Å². The first-order valence-electron chi connectivity index (χ1n) is 5.96. The van der Waals surface area contributed by atoms with Crippen LogP contribution in [0.4, 0.5) is 17.2 Å². The lowest BCUT2D eigenvalue weighted by Gasteiger charge is -2.11. The fourth-order valence-electron chi connectivity index (χ4n) is 1.46. The summed E-state index contributed by atoms with van der Waals surface area (Å²) in [4.78, 5) is 8.12. The van der Waals surface area contributed by atoms with Crippen molar-refractivity contribution in [2.45, 2.75) is 13.3 Å². The molecule has 0 fully saturated rings. The molecule has 0 radical (unpaired) electrons. The Balaban J connectivity index is 2.18. The maximum absolute atomic E-state index is 5.96. The van der Waals surface area contributed by atoms with Crippen LogP contribution in [-0.2, 0) is 0 Å². The minimum Gasteiger partial charge on any atom is -0.476 e. The van der Waals surface area contributed by atoms with Crippen LogP contribution in [0.2, 0.25) is 5.02 Å². The number of aromatic nitrogens is 2. The predicted molar refractivity (Wildman–Crippen MR) is 77.0 cm³/mol. The van der Waals surface area contributed by atoms with Gasteiger partial charge in [-0.25, -0.2) is 4.98 Å². The summed E-state index contributed by atoms with van der Waals surface area (Å²) < 4.78 is 5.45. The van der Waals surface area contributed by atoms with Gasteiger partial charge in [0.25, 0.3) is 0 Å². The molecule has 19 heavy (non-hydrogen) atoms. The summed E-state index contributed by atoms with van der Waals surface area (Å²) in [5.41, 5.74) is 7.20. The van der Waals surface area contributed by atoms with E-state index in [9.17, 15) is 0 Å². The van der Waals surface area contributed by atoms with Crippen LogP contribution in [0.25, 0.3) is 0 Å². The van der Waals surface area contributed by atoms with E-state index < -0.39 is 0 Å². The van der Waals surface area contributed by atoms with Gasteiger partial charge < -0.3 is 15.8 Å². The number of nitrogen functional groups attached to an aromatic ring is 1. The van der Waals surface area contributed by atoms with Gasteiger partial charge in [-0.1, -0.05) is 18.5 Å². The lowest BCUT2D eigenvalue weighted by atomic mass is 10.3. The van der Waals surface area contributed by atoms with Crippen molar-refractivity contribution >= 4 is 28.8 Å². The summed E-state index contributed by atoms with van der Waals surface area (Å²) in [5, 5.41) is 3.78. The van der Waals surface area contributed by atoms with E-state index in [1.165, 1.54) is 6.33 Å². The number of rotatable bonds is 5. The Labute approximate surface area is 116 Å². The molecule has 2 aromatic rings. The second-order valence-electron chi connectivity index (χ2n) is 3.92. The minimum atomic E-state index is 0.394. The van der Waals surface area contributed by atoms with Crippen LogP contribution in [0.15, 0.2) is 30.6 Å². The highest BCUT2D eigenvalue weighted by Crippen LogP contribution is 2.27. The molecule has 0 aliphatic carbocycles. The van der Waals surface area contributed by atoms with Gasteiger partial charge in [0, 0.05) is 10.7 Å². The van der Waals surface area contributed by atoms with Crippen LogP contribution in [0.5, 0.6) is 5.88 Å². The number of anilines is 3. The van der Waals surface area contributed by atoms with Crippen molar-refractivity contribution in [1.29, 1.82) is 0 Å². The molecular weight excluding hydrogens is 264 g/mol. The summed E-state index contributed by atoms with van der Waals surface area (Å²) in [6.45, 7) is 2.59. The first-order valence-corrected chi connectivity index (χ1v) is 6.34. The van der Waals surface area contributed by atoms with Crippen molar-refractivity contribution in [1.82, 2.24) is 9.97 Å². The Hall–Kier alpha value is -2.01. The van der Waals surface area contributed by atoms with Gasteiger partial charge in [-0.05, 0) is 30.7 Å². The van der Waals surface area contributed by atoms with E-state index in [1.807, 2.05) is 19.1 Å². The second kappa shape index (κ2) is 6.24. The zero-order valence-electron chi connectivity index (χ0n) is 10.6. The third-order valence-corrected chi connectivity index (χ3v) is 2.65. The summed E-state index contributed by atoms with van der Waals surface area (Å²) in [5.74, 6) is 0.914. The number of nitrogens with one attached hydrogen (secondary N) is 1. The van der Waals surface area contributed by atoms with Gasteiger partial charge in [0.2, 0.25) is 5.88 Å². The summed E-state index contributed by atoms with van der Waals surface area (Å²) in [6.07, 6.45) is 2.31. The van der Waals surface area contributed by atoms with Crippen molar-refractivity contribution in [2.75, 3.05) is 17.7 Å². The van der Waals surface area contributed by atoms with Gasteiger partial charge in [0.05, 0.1) is 6.61 Å². The van der Waals surface area contributed by atoms with E-state index >= 15 is 0 Å². The molecule has 0 spiro atoms. The molecule has 0 atom stereocenters. The molecule has 0 aliphatic rings. The van der Waals surface area contributed by atoms with Crippen LogP contribution < -0.4 is 15.8 Å². The molecule has 2 rings (SSSR count). The lowest BCUT2D eigenvalue weighted by molar-refractivity contribution is 0.307. The van der Waals surface area contributed by atoms with Crippen LogP contribution in [0, 0.1) is 0 Å². The van der Waals surface area contributed by atoms with Gasteiger partial charge in [-0.15, -0.1) is 0 Å². The van der Waals surface area contributed by atoms with Crippen molar-refractivity contribution in [3.63, 3.8) is 0 Å². The quantitative estimate of drug-likeness (QED) is 0.878. The molecule has 0 amide bonds. The molecule has 0 saturated carbocycles. The number of hydrogen-bond donors (Lipinski definition) is 2. The van der Waals surface area contributed by atoms with Gasteiger partial charge in [0.15, 0.2) is 5.82 Å².